The van der Waals surface area contributed by atoms with Gasteiger partial charge in [0.1, 0.15) is 11.5 Å². The zero-order chi connectivity index (χ0) is 14.4. The van der Waals surface area contributed by atoms with Crippen molar-refractivity contribution in [2.24, 2.45) is 5.92 Å². The Kier molecular flexibility index (Phi) is 5.17. The van der Waals surface area contributed by atoms with E-state index in [1.54, 1.807) is 17.7 Å². The molecule has 20 heavy (non-hydrogen) atoms. The smallest absolute Gasteiger partial charge is 0.271 e. The van der Waals surface area contributed by atoms with E-state index in [1.165, 1.54) is 11.3 Å². The Morgan fingerprint density at radius 3 is 3.05 bits per heavy atom. The van der Waals surface area contributed by atoms with Crippen molar-refractivity contribution in [1.82, 2.24) is 10.3 Å². The zero-order valence-corrected chi connectivity index (χ0v) is 12.5. The highest BCUT2D eigenvalue weighted by atomic mass is 32.1. The minimum Gasteiger partial charge on any atom is -0.467 e. The van der Waals surface area contributed by atoms with Crippen molar-refractivity contribution in [3.63, 3.8) is 0 Å². The zero-order valence-electron chi connectivity index (χ0n) is 11.7. The average molecular weight is 293 g/mol. The Bertz CT molecular complexity index is 534. The number of carbonyl (C=O) groups excluding carboxylic acids is 1. The summed E-state index contributed by atoms with van der Waals surface area (Å²) >= 11 is 1.45. The Morgan fingerprint density at radius 1 is 1.50 bits per heavy atom. The molecule has 0 aliphatic heterocycles. The fraction of sp³-hybridized carbons (Fsp3) is 0.429. The van der Waals surface area contributed by atoms with Gasteiger partial charge in [-0.05, 0) is 24.5 Å². The quantitative estimate of drug-likeness (QED) is 0.823. The van der Waals surface area contributed by atoms with Crippen molar-refractivity contribution in [3.05, 3.63) is 35.2 Å². The number of furan rings is 1. The van der Waals surface area contributed by atoms with E-state index in [9.17, 15) is 4.79 Å². The lowest BCUT2D eigenvalue weighted by atomic mass is 10.1. The second-order valence-electron chi connectivity index (χ2n) is 4.91. The molecule has 2 aromatic heterocycles. The van der Waals surface area contributed by atoms with Crippen molar-refractivity contribution in [2.45, 2.75) is 26.8 Å². The molecular weight excluding hydrogens is 274 g/mol. The lowest BCUT2D eigenvalue weighted by molar-refractivity contribution is 0.0944. The summed E-state index contributed by atoms with van der Waals surface area (Å²) in [5.74, 6) is 1.19. The first-order valence-electron chi connectivity index (χ1n) is 6.65. The molecule has 2 rings (SSSR count). The van der Waals surface area contributed by atoms with Gasteiger partial charge in [-0.3, -0.25) is 4.79 Å². The molecule has 0 unspecified atom stereocenters. The number of aromatic nitrogens is 1. The van der Waals surface area contributed by atoms with Crippen LogP contribution in [0.25, 0.3) is 0 Å². The fourth-order valence-corrected chi connectivity index (χ4v) is 2.32. The Morgan fingerprint density at radius 2 is 2.35 bits per heavy atom. The molecule has 2 heterocycles. The number of thiazole rings is 1. The van der Waals surface area contributed by atoms with Gasteiger partial charge in [0.15, 0.2) is 5.13 Å². The molecule has 0 aliphatic rings. The molecule has 2 aromatic rings. The van der Waals surface area contributed by atoms with E-state index in [1.807, 2.05) is 6.07 Å². The van der Waals surface area contributed by atoms with Crippen LogP contribution in [0.4, 0.5) is 5.13 Å². The molecule has 1 amide bonds. The first-order valence-corrected chi connectivity index (χ1v) is 7.53. The molecule has 108 valence electrons. The maximum Gasteiger partial charge on any atom is 0.271 e. The summed E-state index contributed by atoms with van der Waals surface area (Å²) in [7, 11) is 0. The number of carbonyl (C=O) groups is 1. The number of nitrogens with one attached hydrogen (secondary N) is 2. The number of hydrogen-bond donors (Lipinski definition) is 2. The maximum atomic E-state index is 11.9. The monoisotopic (exact) mass is 293 g/mol. The van der Waals surface area contributed by atoms with E-state index < -0.39 is 0 Å². The van der Waals surface area contributed by atoms with Gasteiger partial charge < -0.3 is 15.1 Å². The summed E-state index contributed by atoms with van der Waals surface area (Å²) in [6, 6.07) is 3.61. The van der Waals surface area contributed by atoms with Gasteiger partial charge in [-0.25, -0.2) is 4.98 Å². The topological polar surface area (TPSA) is 67.2 Å². The van der Waals surface area contributed by atoms with Crippen LogP contribution in [-0.2, 0) is 6.54 Å². The minimum absolute atomic E-state index is 0.186. The van der Waals surface area contributed by atoms with E-state index in [0.29, 0.717) is 18.2 Å². The normalized spacial score (nSPS) is 10.8. The van der Waals surface area contributed by atoms with Crippen LogP contribution in [0, 0.1) is 5.92 Å². The van der Waals surface area contributed by atoms with Gasteiger partial charge >= 0.3 is 0 Å². The van der Waals surface area contributed by atoms with Gasteiger partial charge in [0.2, 0.25) is 0 Å². The first kappa shape index (κ1) is 14.6. The van der Waals surface area contributed by atoms with E-state index in [2.05, 4.69) is 29.5 Å². The number of rotatable bonds is 7. The predicted octanol–water partition coefficient (Wildman–Crippen LogP) is 3.12. The molecule has 0 aliphatic carbocycles. The van der Waals surface area contributed by atoms with Gasteiger partial charge in [0.25, 0.3) is 5.91 Å². The summed E-state index contributed by atoms with van der Waals surface area (Å²) < 4.78 is 5.16. The highest BCUT2D eigenvalue weighted by Crippen LogP contribution is 2.16. The molecule has 6 heteroatoms. The average Bonchev–Trinajstić information content (AvgIpc) is 3.06. The Labute approximate surface area is 122 Å². The molecular formula is C14H19N3O2S. The molecule has 5 nitrogen and oxygen atoms in total. The van der Waals surface area contributed by atoms with E-state index in [0.717, 1.165) is 23.9 Å². The summed E-state index contributed by atoms with van der Waals surface area (Å²) in [6.45, 7) is 5.60. The van der Waals surface area contributed by atoms with Gasteiger partial charge in [-0.2, -0.15) is 0 Å². The standard InChI is InChI=1S/C14H19N3O2S/c1-10(2)5-6-15-14-17-12(9-20-14)13(18)16-8-11-4-3-7-19-11/h3-4,7,9-10H,5-6,8H2,1-2H3,(H,15,17)(H,16,18). The van der Waals surface area contributed by atoms with Crippen LogP contribution in [0.2, 0.25) is 0 Å². The first-order chi connectivity index (χ1) is 9.65. The SMILES string of the molecule is CC(C)CCNc1nc(C(=O)NCc2ccco2)cs1. The predicted molar refractivity (Wildman–Crippen MR) is 79.9 cm³/mol. The van der Waals surface area contributed by atoms with Gasteiger partial charge in [-0.1, -0.05) is 13.8 Å². The van der Waals surface area contributed by atoms with Crippen molar-refractivity contribution < 1.29 is 9.21 Å². The number of hydrogen-bond acceptors (Lipinski definition) is 5. The van der Waals surface area contributed by atoms with Gasteiger partial charge in [-0.15, -0.1) is 11.3 Å². The molecule has 0 fully saturated rings. The number of nitrogens with zero attached hydrogens (tertiary/aromatic N) is 1. The highest BCUT2D eigenvalue weighted by molar-refractivity contribution is 7.13. The molecule has 0 aromatic carbocycles. The molecule has 0 atom stereocenters. The maximum absolute atomic E-state index is 11.9. The number of anilines is 1. The molecule has 0 spiro atoms. The second kappa shape index (κ2) is 7.09. The summed E-state index contributed by atoms with van der Waals surface area (Å²) in [6.07, 6.45) is 2.67. The van der Waals surface area contributed by atoms with Crippen LogP contribution in [0.15, 0.2) is 28.2 Å². The van der Waals surface area contributed by atoms with Crippen molar-refractivity contribution >= 4 is 22.4 Å². The van der Waals surface area contributed by atoms with E-state index in [4.69, 9.17) is 4.42 Å². The molecule has 0 saturated heterocycles. The molecule has 0 bridgehead atoms. The van der Waals surface area contributed by atoms with Crippen LogP contribution >= 0.6 is 11.3 Å². The molecule has 2 N–H and O–H groups in total. The summed E-state index contributed by atoms with van der Waals surface area (Å²) in [4.78, 5) is 16.2. The second-order valence-corrected chi connectivity index (χ2v) is 5.77. The van der Waals surface area contributed by atoms with E-state index >= 15 is 0 Å². The van der Waals surface area contributed by atoms with Crippen LogP contribution in [0.5, 0.6) is 0 Å². The fourth-order valence-electron chi connectivity index (χ4n) is 1.60. The van der Waals surface area contributed by atoms with Crippen LogP contribution < -0.4 is 10.6 Å². The van der Waals surface area contributed by atoms with Crippen molar-refractivity contribution in [1.29, 1.82) is 0 Å². The van der Waals surface area contributed by atoms with Crippen molar-refractivity contribution in [3.8, 4) is 0 Å². The lowest BCUT2D eigenvalue weighted by Gasteiger charge is -2.04. The third kappa shape index (κ3) is 4.38. The van der Waals surface area contributed by atoms with Gasteiger partial charge in [0, 0.05) is 11.9 Å². The van der Waals surface area contributed by atoms with Crippen molar-refractivity contribution in [2.75, 3.05) is 11.9 Å². The largest absolute Gasteiger partial charge is 0.467 e. The van der Waals surface area contributed by atoms with Crippen LogP contribution in [-0.4, -0.2) is 17.4 Å². The summed E-state index contributed by atoms with van der Waals surface area (Å²) in [5.41, 5.74) is 0.439. The van der Waals surface area contributed by atoms with Crippen LogP contribution in [0.3, 0.4) is 0 Å². The number of amides is 1. The van der Waals surface area contributed by atoms with Crippen LogP contribution in [0.1, 0.15) is 36.5 Å². The molecule has 0 saturated carbocycles. The third-order valence-corrected chi connectivity index (χ3v) is 3.54. The lowest BCUT2D eigenvalue weighted by Crippen LogP contribution is -2.22. The highest BCUT2D eigenvalue weighted by Gasteiger charge is 2.10. The molecule has 0 radical (unpaired) electrons. The Balaban J connectivity index is 1.80. The Hall–Kier alpha value is -1.82. The summed E-state index contributed by atoms with van der Waals surface area (Å²) in [5, 5.41) is 8.55. The third-order valence-electron chi connectivity index (χ3n) is 2.74. The minimum atomic E-state index is -0.186. The van der Waals surface area contributed by atoms with Gasteiger partial charge in [0.05, 0.1) is 12.8 Å². The van der Waals surface area contributed by atoms with E-state index in [-0.39, 0.29) is 5.91 Å².